The summed E-state index contributed by atoms with van der Waals surface area (Å²) in [4.78, 5) is 5.19. The van der Waals surface area contributed by atoms with E-state index in [1.807, 2.05) is 0 Å². The zero-order chi connectivity index (χ0) is 43.6. The molecule has 314 valence electrons. The first-order valence-electron chi connectivity index (χ1n) is 23.1. The van der Waals surface area contributed by atoms with E-state index in [0.717, 1.165) is 17.2 Å². The van der Waals surface area contributed by atoms with Crippen LogP contribution in [0.3, 0.4) is 0 Å². The van der Waals surface area contributed by atoms with Crippen molar-refractivity contribution in [1.82, 2.24) is 0 Å². The lowest BCUT2D eigenvalue weighted by Gasteiger charge is -2.48. The van der Waals surface area contributed by atoms with E-state index in [1.54, 1.807) is 0 Å². The number of rotatable bonds is 2. The molecule has 3 heterocycles. The smallest absolute Gasteiger partial charge is 0.257 e. The van der Waals surface area contributed by atoms with Crippen LogP contribution in [-0.4, -0.2) is 6.71 Å². The van der Waals surface area contributed by atoms with E-state index in [4.69, 9.17) is 4.42 Å². The topological polar surface area (TPSA) is 19.6 Å². The maximum Gasteiger partial charge on any atom is 0.257 e. The number of hydrogen-bond acceptors (Lipinski definition) is 3. The Kier molecular flexibility index (Phi) is 8.41. The van der Waals surface area contributed by atoms with Crippen LogP contribution in [-0.2, 0) is 32.5 Å². The van der Waals surface area contributed by atoms with Crippen LogP contribution < -0.4 is 26.2 Å². The van der Waals surface area contributed by atoms with E-state index in [-0.39, 0.29) is 39.2 Å². The maximum absolute atomic E-state index is 7.18. The van der Waals surface area contributed by atoms with E-state index >= 15 is 0 Å². The van der Waals surface area contributed by atoms with Gasteiger partial charge in [-0.2, -0.15) is 0 Å². The molecule has 5 aromatic carbocycles. The van der Waals surface area contributed by atoms with Gasteiger partial charge in [-0.1, -0.05) is 139 Å². The Bertz CT molecular complexity index is 2800. The zero-order valence-corrected chi connectivity index (χ0v) is 39.8. The molecule has 0 spiro atoms. The van der Waals surface area contributed by atoms with Gasteiger partial charge in [0.25, 0.3) is 6.71 Å². The molecule has 0 saturated carbocycles. The van der Waals surface area contributed by atoms with Crippen molar-refractivity contribution in [3.05, 3.63) is 124 Å². The fraction of sp³-hybridized carbons (Fsp3) is 0.439. The number of furan rings is 1. The molecule has 0 amide bonds. The predicted molar refractivity (Wildman–Crippen MR) is 263 cm³/mol. The van der Waals surface area contributed by atoms with Gasteiger partial charge >= 0.3 is 0 Å². The number of hydrogen-bond donors (Lipinski definition) is 0. The lowest BCUT2D eigenvalue weighted by atomic mass is 9.33. The summed E-state index contributed by atoms with van der Waals surface area (Å²) in [5, 5.41) is 1.20. The Morgan fingerprint density at radius 2 is 1.00 bits per heavy atom. The van der Waals surface area contributed by atoms with Crippen LogP contribution in [0.25, 0.3) is 11.0 Å². The fourth-order valence-electron chi connectivity index (χ4n) is 11.5. The lowest BCUT2D eigenvalue weighted by Crippen LogP contribution is -2.61. The average molecular weight is 807 g/mol. The van der Waals surface area contributed by atoms with Gasteiger partial charge < -0.3 is 9.32 Å². The van der Waals surface area contributed by atoms with E-state index in [0.29, 0.717) is 0 Å². The Hall–Kier alpha value is -4.70. The van der Waals surface area contributed by atoms with Gasteiger partial charge in [-0.3, -0.25) is 4.90 Å². The van der Waals surface area contributed by atoms with Crippen LogP contribution in [0.4, 0.5) is 34.3 Å². The fourth-order valence-corrected chi connectivity index (χ4v) is 11.5. The van der Waals surface area contributed by atoms with Gasteiger partial charge in [-0.25, -0.2) is 0 Å². The molecular formula is C57H67BN2O. The van der Waals surface area contributed by atoms with Crippen molar-refractivity contribution in [2.45, 2.75) is 162 Å². The number of fused-ring (bicyclic) bond motifs is 8. The van der Waals surface area contributed by atoms with Crippen molar-refractivity contribution in [2.75, 3.05) is 9.80 Å². The average Bonchev–Trinajstić information content (AvgIpc) is 3.56. The first-order valence-corrected chi connectivity index (χ1v) is 23.1. The molecule has 1 aromatic heterocycles. The van der Waals surface area contributed by atoms with Gasteiger partial charge in [0.15, 0.2) is 0 Å². The molecular weight excluding hydrogens is 739 g/mol. The van der Waals surface area contributed by atoms with Gasteiger partial charge in [0.05, 0.1) is 0 Å². The second kappa shape index (κ2) is 12.7. The summed E-state index contributed by atoms with van der Waals surface area (Å²) in [6.07, 6.45) is 4.72. The molecule has 10 rings (SSSR count). The van der Waals surface area contributed by atoms with E-state index in [2.05, 4.69) is 199 Å². The molecule has 0 fully saturated rings. The Morgan fingerprint density at radius 1 is 0.508 bits per heavy atom. The molecule has 6 aromatic rings. The number of anilines is 6. The molecule has 3 nitrogen and oxygen atoms in total. The Balaban J connectivity index is 1.37. The standard InChI is InChI=1S/C57H67BN2O/c1-34-28-39-41(56(12,13)26-24-54(39,8)9)32-44(34)60-45-33-42-40(55(10,11)25-27-57(42,14)15)31-43(45)58-49-38-18-16-17-19-48(38)61-51(49)59(37-22-20-35(21-23-37)52(2,3)4)46-29-36(53(5,6)7)30-47(60)50(46)58/h16-23,28-33H,24-27H2,1-15H3. The van der Waals surface area contributed by atoms with Crippen molar-refractivity contribution in [2.24, 2.45) is 0 Å². The van der Waals surface area contributed by atoms with Gasteiger partial charge in [0, 0.05) is 39.3 Å². The zero-order valence-electron chi connectivity index (χ0n) is 39.8. The lowest BCUT2D eigenvalue weighted by molar-refractivity contribution is 0.331. The number of nitrogens with zero attached hydrogens (tertiary/aromatic N) is 2. The van der Waals surface area contributed by atoms with E-state index in [1.165, 1.54) is 109 Å². The number of benzene rings is 5. The van der Waals surface area contributed by atoms with Crippen LogP contribution >= 0.6 is 0 Å². The highest BCUT2D eigenvalue weighted by atomic mass is 16.4. The third-order valence-corrected chi connectivity index (χ3v) is 15.8. The highest BCUT2D eigenvalue weighted by Crippen LogP contribution is 2.54. The first kappa shape index (κ1) is 40.4. The molecule has 0 atom stereocenters. The van der Waals surface area contributed by atoms with Crippen LogP contribution in [0.15, 0.2) is 89.3 Å². The highest BCUT2D eigenvalue weighted by Gasteiger charge is 2.49. The minimum Gasteiger partial charge on any atom is -0.440 e. The molecule has 0 unspecified atom stereocenters. The monoisotopic (exact) mass is 807 g/mol. The minimum absolute atomic E-state index is 0.0199. The summed E-state index contributed by atoms with van der Waals surface area (Å²) in [5.74, 6) is 0.935. The highest BCUT2D eigenvalue weighted by molar-refractivity contribution is 7.01. The summed E-state index contributed by atoms with van der Waals surface area (Å²) < 4.78 is 7.18. The quantitative estimate of drug-likeness (QED) is 0.162. The third-order valence-electron chi connectivity index (χ3n) is 15.8. The Labute approximate surface area is 367 Å². The second-order valence-electron chi connectivity index (χ2n) is 24.1. The van der Waals surface area contributed by atoms with Crippen molar-refractivity contribution in [3.63, 3.8) is 0 Å². The first-order chi connectivity index (χ1) is 28.4. The summed E-state index contributed by atoms with van der Waals surface area (Å²) >= 11 is 0. The molecule has 0 saturated heterocycles. The summed E-state index contributed by atoms with van der Waals surface area (Å²) in [7, 11) is 0. The molecule has 4 heteroatoms. The Morgan fingerprint density at radius 3 is 1.56 bits per heavy atom. The van der Waals surface area contributed by atoms with Crippen molar-refractivity contribution in [1.29, 1.82) is 0 Å². The molecule has 0 radical (unpaired) electrons. The van der Waals surface area contributed by atoms with Gasteiger partial charge in [-0.15, -0.1) is 0 Å². The SMILES string of the molecule is Cc1cc2c(cc1N1c3cc4c(cc3B3c5c1cc(C(C)(C)C)cc5N(c1ccc(C(C)(C)C)cc1)c1oc5ccccc5c13)C(C)(C)CCC4(C)C)C(C)(C)CCC2(C)C. The van der Waals surface area contributed by atoms with Crippen LogP contribution in [0.1, 0.15) is 162 Å². The normalized spacial score (nSPS) is 19.2. The minimum atomic E-state index is -0.109. The van der Waals surface area contributed by atoms with Crippen LogP contribution in [0, 0.1) is 6.92 Å². The molecule has 4 aliphatic rings. The van der Waals surface area contributed by atoms with Gasteiger partial charge in [0.2, 0.25) is 5.88 Å². The van der Waals surface area contributed by atoms with Gasteiger partial charge in [-0.05, 0) is 157 Å². The van der Waals surface area contributed by atoms with Crippen molar-refractivity contribution >= 4 is 68.4 Å². The van der Waals surface area contributed by atoms with Gasteiger partial charge in [0.1, 0.15) is 5.58 Å². The van der Waals surface area contributed by atoms with Crippen LogP contribution in [0.5, 0.6) is 0 Å². The van der Waals surface area contributed by atoms with Crippen molar-refractivity contribution < 1.29 is 4.42 Å². The molecule has 0 bridgehead atoms. The molecule has 2 aliphatic heterocycles. The third kappa shape index (κ3) is 5.97. The summed E-state index contributed by atoms with van der Waals surface area (Å²) in [6.45, 7) is 36.1. The second-order valence-corrected chi connectivity index (χ2v) is 24.1. The van der Waals surface area contributed by atoms with Crippen LogP contribution in [0.2, 0.25) is 0 Å². The molecule has 0 N–H and O–H groups in total. The predicted octanol–water partition coefficient (Wildman–Crippen LogP) is 14.1. The van der Waals surface area contributed by atoms with Crippen molar-refractivity contribution in [3.8, 4) is 0 Å². The number of aryl methyl sites for hydroxylation is 1. The molecule has 2 aliphatic carbocycles. The summed E-state index contributed by atoms with van der Waals surface area (Å²) in [6, 6.07) is 33.6. The van der Waals surface area contributed by atoms with E-state index in [9.17, 15) is 0 Å². The van der Waals surface area contributed by atoms with E-state index < -0.39 is 0 Å². The largest absolute Gasteiger partial charge is 0.440 e. The molecule has 61 heavy (non-hydrogen) atoms. The number of para-hydroxylation sites is 1. The maximum atomic E-state index is 7.18. The summed E-state index contributed by atoms with van der Waals surface area (Å²) in [5.41, 5.74) is 21.4.